The molecule has 7 heteroatoms. The van der Waals surface area contributed by atoms with Gasteiger partial charge < -0.3 is 9.47 Å². The fourth-order valence-corrected chi connectivity index (χ4v) is 4.12. The zero-order valence-corrected chi connectivity index (χ0v) is 13.7. The van der Waals surface area contributed by atoms with Gasteiger partial charge in [-0.3, -0.25) is 0 Å². The summed E-state index contributed by atoms with van der Waals surface area (Å²) in [5.74, 6) is 1.24. The van der Waals surface area contributed by atoms with Gasteiger partial charge in [-0.1, -0.05) is 0 Å². The first-order valence-corrected chi connectivity index (χ1v) is 8.52. The van der Waals surface area contributed by atoms with E-state index in [4.69, 9.17) is 9.47 Å². The minimum atomic E-state index is -3.49. The maximum atomic E-state index is 12.2. The fourth-order valence-electron chi connectivity index (χ4n) is 1.77. The van der Waals surface area contributed by atoms with Crippen LogP contribution in [-0.4, -0.2) is 22.6 Å². The third-order valence-corrected chi connectivity index (χ3v) is 5.75. The molecule has 0 saturated carbocycles. The number of sulfonamides is 1. The van der Waals surface area contributed by atoms with Crippen molar-refractivity contribution in [3.05, 3.63) is 40.8 Å². The molecule has 2 aromatic rings. The van der Waals surface area contributed by atoms with Crippen LogP contribution in [0.4, 0.5) is 0 Å². The highest BCUT2D eigenvalue weighted by molar-refractivity contribution is 7.91. The Labute approximate surface area is 128 Å². The van der Waals surface area contributed by atoms with Crippen molar-refractivity contribution in [2.75, 3.05) is 14.2 Å². The number of rotatable bonds is 6. The molecule has 0 radical (unpaired) electrons. The van der Waals surface area contributed by atoms with Gasteiger partial charge in [0.15, 0.2) is 0 Å². The van der Waals surface area contributed by atoms with Gasteiger partial charge in [0.05, 0.1) is 14.2 Å². The van der Waals surface area contributed by atoms with Crippen LogP contribution in [-0.2, 0) is 16.6 Å². The van der Waals surface area contributed by atoms with Crippen molar-refractivity contribution >= 4 is 21.4 Å². The van der Waals surface area contributed by atoms with Gasteiger partial charge in [-0.25, -0.2) is 13.1 Å². The smallest absolute Gasteiger partial charge is 0.250 e. The molecule has 0 amide bonds. The second-order valence-electron chi connectivity index (χ2n) is 4.41. The summed E-state index contributed by atoms with van der Waals surface area (Å²) in [6, 6.07) is 8.67. The van der Waals surface area contributed by atoms with E-state index in [1.807, 2.05) is 6.92 Å². The van der Waals surface area contributed by atoms with Crippen LogP contribution in [0.3, 0.4) is 0 Å². The molecule has 0 aliphatic rings. The molecular formula is C14H17NO4S2. The Morgan fingerprint density at radius 1 is 1.10 bits per heavy atom. The molecule has 0 aliphatic heterocycles. The second kappa shape index (κ2) is 6.46. The lowest BCUT2D eigenvalue weighted by Gasteiger charge is -2.09. The summed E-state index contributed by atoms with van der Waals surface area (Å²) in [7, 11) is -0.384. The SMILES string of the molecule is COc1cc(CNS(=O)(=O)c2ccc(C)s2)cc(OC)c1. The average Bonchev–Trinajstić information content (AvgIpc) is 2.92. The number of thiophene rings is 1. The molecule has 0 atom stereocenters. The van der Waals surface area contributed by atoms with Gasteiger partial charge in [-0.05, 0) is 36.8 Å². The van der Waals surface area contributed by atoms with E-state index in [2.05, 4.69) is 4.72 Å². The van der Waals surface area contributed by atoms with E-state index >= 15 is 0 Å². The van der Waals surface area contributed by atoms with E-state index in [9.17, 15) is 8.42 Å². The predicted molar refractivity (Wildman–Crippen MR) is 82.6 cm³/mol. The second-order valence-corrected chi connectivity index (χ2v) is 7.69. The first-order valence-electron chi connectivity index (χ1n) is 6.22. The fraction of sp³-hybridized carbons (Fsp3) is 0.286. The highest BCUT2D eigenvalue weighted by Gasteiger charge is 2.16. The van der Waals surface area contributed by atoms with Crippen LogP contribution in [0.1, 0.15) is 10.4 Å². The maximum absolute atomic E-state index is 12.2. The molecule has 1 heterocycles. The number of hydrogen-bond donors (Lipinski definition) is 1. The van der Waals surface area contributed by atoms with Crippen molar-refractivity contribution in [2.24, 2.45) is 0 Å². The van der Waals surface area contributed by atoms with Crippen LogP contribution >= 0.6 is 11.3 Å². The molecule has 1 aromatic heterocycles. The zero-order chi connectivity index (χ0) is 15.5. The van der Waals surface area contributed by atoms with Crippen LogP contribution in [0.25, 0.3) is 0 Å². The first kappa shape index (κ1) is 15.8. The number of hydrogen-bond acceptors (Lipinski definition) is 5. The minimum Gasteiger partial charge on any atom is -0.497 e. The van der Waals surface area contributed by atoms with Crippen molar-refractivity contribution in [1.29, 1.82) is 0 Å². The largest absolute Gasteiger partial charge is 0.497 e. The molecule has 0 spiro atoms. The summed E-state index contributed by atoms with van der Waals surface area (Å²) in [6.45, 7) is 2.05. The Kier molecular flexibility index (Phi) is 4.87. The predicted octanol–water partition coefficient (Wildman–Crippen LogP) is 2.55. The van der Waals surface area contributed by atoms with Crippen molar-refractivity contribution < 1.29 is 17.9 Å². The molecule has 21 heavy (non-hydrogen) atoms. The third kappa shape index (κ3) is 3.96. The Hall–Kier alpha value is -1.57. The van der Waals surface area contributed by atoms with Crippen molar-refractivity contribution in [3.63, 3.8) is 0 Å². The molecule has 1 aromatic carbocycles. The van der Waals surface area contributed by atoms with E-state index in [-0.39, 0.29) is 6.54 Å². The lowest BCUT2D eigenvalue weighted by Crippen LogP contribution is -2.22. The van der Waals surface area contributed by atoms with E-state index in [1.165, 1.54) is 11.3 Å². The van der Waals surface area contributed by atoms with Crippen LogP contribution in [0.2, 0.25) is 0 Å². The number of aryl methyl sites for hydroxylation is 1. The standard InChI is InChI=1S/C14H17NO4S2/c1-10-4-5-14(20-10)21(16,17)15-9-11-6-12(18-2)8-13(7-11)19-3/h4-8,15H,9H2,1-3H3. The van der Waals surface area contributed by atoms with Crippen molar-refractivity contribution in [3.8, 4) is 11.5 Å². The molecule has 0 saturated heterocycles. The van der Waals surface area contributed by atoms with Crippen LogP contribution in [0.5, 0.6) is 11.5 Å². The molecule has 0 bridgehead atoms. The van der Waals surface area contributed by atoms with E-state index in [1.54, 1.807) is 44.6 Å². The quantitative estimate of drug-likeness (QED) is 0.885. The summed E-state index contributed by atoms with van der Waals surface area (Å²) in [5, 5.41) is 0. The Bertz CT molecular complexity index is 700. The van der Waals surface area contributed by atoms with E-state index < -0.39 is 10.0 Å². The van der Waals surface area contributed by atoms with Gasteiger partial charge in [0.1, 0.15) is 15.7 Å². The van der Waals surface area contributed by atoms with Gasteiger partial charge in [0.25, 0.3) is 0 Å². The van der Waals surface area contributed by atoms with Crippen LogP contribution in [0, 0.1) is 6.92 Å². The Balaban J connectivity index is 2.16. The van der Waals surface area contributed by atoms with E-state index in [0.717, 1.165) is 10.4 Å². The lowest BCUT2D eigenvalue weighted by atomic mass is 10.2. The normalized spacial score (nSPS) is 11.4. The summed E-state index contributed by atoms with van der Waals surface area (Å²) in [5.41, 5.74) is 0.767. The summed E-state index contributed by atoms with van der Waals surface area (Å²) < 4.78 is 37.5. The minimum absolute atomic E-state index is 0.173. The molecule has 0 unspecified atom stereocenters. The van der Waals surface area contributed by atoms with Gasteiger partial charge in [-0.15, -0.1) is 11.3 Å². The topological polar surface area (TPSA) is 64.6 Å². The molecule has 5 nitrogen and oxygen atoms in total. The van der Waals surface area contributed by atoms with Gasteiger partial charge in [0, 0.05) is 17.5 Å². The Morgan fingerprint density at radius 2 is 1.71 bits per heavy atom. The number of nitrogens with one attached hydrogen (secondary N) is 1. The summed E-state index contributed by atoms with van der Waals surface area (Å²) in [6.07, 6.45) is 0. The molecular weight excluding hydrogens is 310 g/mol. The third-order valence-electron chi connectivity index (χ3n) is 2.86. The van der Waals surface area contributed by atoms with Crippen LogP contribution < -0.4 is 14.2 Å². The molecule has 1 N–H and O–H groups in total. The highest BCUT2D eigenvalue weighted by atomic mass is 32.2. The van der Waals surface area contributed by atoms with Gasteiger partial charge in [-0.2, -0.15) is 0 Å². The van der Waals surface area contributed by atoms with Crippen molar-refractivity contribution in [2.45, 2.75) is 17.7 Å². The zero-order valence-electron chi connectivity index (χ0n) is 12.0. The monoisotopic (exact) mass is 327 g/mol. The summed E-state index contributed by atoms with van der Waals surface area (Å²) in [4.78, 5) is 0.957. The summed E-state index contributed by atoms with van der Waals surface area (Å²) >= 11 is 1.25. The molecule has 2 rings (SSSR count). The average molecular weight is 327 g/mol. The van der Waals surface area contributed by atoms with Gasteiger partial charge in [0.2, 0.25) is 10.0 Å². The highest BCUT2D eigenvalue weighted by Crippen LogP contribution is 2.24. The first-order chi connectivity index (χ1) is 9.94. The van der Waals surface area contributed by atoms with Gasteiger partial charge >= 0.3 is 0 Å². The number of methoxy groups -OCH3 is 2. The van der Waals surface area contributed by atoms with Crippen LogP contribution in [0.15, 0.2) is 34.5 Å². The van der Waals surface area contributed by atoms with E-state index in [0.29, 0.717) is 15.7 Å². The van der Waals surface area contributed by atoms with Crippen molar-refractivity contribution in [1.82, 2.24) is 4.72 Å². The lowest BCUT2D eigenvalue weighted by molar-refractivity contribution is 0.393. The Morgan fingerprint density at radius 3 is 2.19 bits per heavy atom. The molecule has 0 fully saturated rings. The number of ether oxygens (including phenoxy) is 2. The number of benzene rings is 1. The molecule has 0 aliphatic carbocycles. The molecule has 114 valence electrons. The maximum Gasteiger partial charge on any atom is 0.250 e.